The fourth-order valence-electron chi connectivity index (χ4n) is 1.54. The molecule has 0 amide bonds. The van der Waals surface area contributed by atoms with Gasteiger partial charge in [0.05, 0.1) is 12.1 Å². The summed E-state index contributed by atoms with van der Waals surface area (Å²) in [5, 5.41) is 3.81. The lowest BCUT2D eigenvalue weighted by molar-refractivity contribution is -0.142. The zero-order valence-corrected chi connectivity index (χ0v) is 12.3. The lowest BCUT2D eigenvalue weighted by Crippen LogP contribution is -2.20. The molecule has 0 aliphatic heterocycles. The molecule has 0 atom stereocenters. The molecule has 106 valence electrons. The summed E-state index contributed by atoms with van der Waals surface area (Å²) in [6.45, 7) is 5.69. The zero-order valence-electron chi connectivity index (χ0n) is 11.5. The topological polar surface area (TPSA) is 47.6 Å². The number of methoxy groups -OCH3 is 1. The first-order valence-electron chi connectivity index (χ1n) is 6.22. The number of para-hydroxylation sites is 1. The van der Waals surface area contributed by atoms with Crippen molar-refractivity contribution in [1.82, 2.24) is 5.32 Å². The van der Waals surface area contributed by atoms with Crippen LogP contribution in [0.2, 0.25) is 5.02 Å². The van der Waals surface area contributed by atoms with Crippen LogP contribution in [0.5, 0.6) is 5.75 Å². The Bertz CT molecular complexity index is 421. The van der Waals surface area contributed by atoms with Gasteiger partial charge in [-0.25, -0.2) is 4.79 Å². The number of halogens is 1. The molecule has 0 bridgehead atoms. The van der Waals surface area contributed by atoms with Crippen LogP contribution in [0.4, 0.5) is 0 Å². The van der Waals surface area contributed by atoms with Crippen LogP contribution < -0.4 is 10.1 Å². The first-order chi connectivity index (χ1) is 9.04. The summed E-state index contributed by atoms with van der Waals surface area (Å²) in [6.07, 6.45) is 0. The molecular weight excluding hydrogens is 266 g/mol. The highest BCUT2D eigenvalue weighted by molar-refractivity contribution is 6.32. The minimum absolute atomic E-state index is 0.141. The number of hydrogen-bond donors (Lipinski definition) is 1. The van der Waals surface area contributed by atoms with Crippen LogP contribution in [-0.2, 0) is 16.1 Å². The number of benzene rings is 1. The van der Waals surface area contributed by atoms with Crippen LogP contribution in [0.3, 0.4) is 0 Å². The predicted molar refractivity (Wildman–Crippen MR) is 75.5 cm³/mol. The van der Waals surface area contributed by atoms with E-state index >= 15 is 0 Å². The summed E-state index contributed by atoms with van der Waals surface area (Å²) >= 11 is 6.09. The predicted octanol–water partition coefficient (Wildman–Crippen LogP) is 2.64. The first kappa shape index (κ1) is 15.8. The molecule has 0 saturated heterocycles. The third-order valence-corrected chi connectivity index (χ3v) is 2.78. The van der Waals surface area contributed by atoms with Crippen molar-refractivity contribution < 1.29 is 14.3 Å². The summed E-state index contributed by atoms with van der Waals surface area (Å²) in [5.74, 6) is 0.672. The number of nitrogens with one attached hydrogen (secondary N) is 1. The maximum atomic E-state index is 11.1. The summed E-state index contributed by atoms with van der Waals surface area (Å²) < 4.78 is 9.97. The SMILES string of the molecule is COC(=O)COc1c(Cl)cccc1CNCC(C)C. The Morgan fingerprint density at radius 3 is 2.79 bits per heavy atom. The van der Waals surface area contributed by atoms with Crippen LogP contribution in [0.1, 0.15) is 19.4 Å². The van der Waals surface area contributed by atoms with Crippen molar-refractivity contribution in [3.63, 3.8) is 0 Å². The second-order valence-corrected chi connectivity index (χ2v) is 5.02. The number of esters is 1. The van der Waals surface area contributed by atoms with E-state index in [1.54, 1.807) is 6.07 Å². The van der Waals surface area contributed by atoms with E-state index in [1.807, 2.05) is 12.1 Å². The maximum Gasteiger partial charge on any atom is 0.343 e. The van der Waals surface area contributed by atoms with Crippen molar-refractivity contribution in [2.75, 3.05) is 20.3 Å². The molecule has 1 rings (SSSR count). The molecule has 4 nitrogen and oxygen atoms in total. The smallest absolute Gasteiger partial charge is 0.343 e. The number of ether oxygens (including phenoxy) is 2. The Morgan fingerprint density at radius 1 is 1.42 bits per heavy atom. The fourth-order valence-corrected chi connectivity index (χ4v) is 1.79. The van der Waals surface area contributed by atoms with E-state index in [0.717, 1.165) is 12.1 Å². The van der Waals surface area contributed by atoms with Gasteiger partial charge in [0, 0.05) is 12.1 Å². The van der Waals surface area contributed by atoms with Gasteiger partial charge in [0.25, 0.3) is 0 Å². The molecule has 0 aliphatic rings. The number of hydrogen-bond acceptors (Lipinski definition) is 4. The van der Waals surface area contributed by atoms with Gasteiger partial charge >= 0.3 is 5.97 Å². The Hall–Kier alpha value is -1.26. The van der Waals surface area contributed by atoms with Crippen molar-refractivity contribution in [2.45, 2.75) is 20.4 Å². The van der Waals surface area contributed by atoms with E-state index in [-0.39, 0.29) is 6.61 Å². The van der Waals surface area contributed by atoms with Crippen LogP contribution >= 0.6 is 11.6 Å². The normalized spacial score (nSPS) is 10.6. The van der Waals surface area contributed by atoms with Crippen LogP contribution in [-0.4, -0.2) is 26.2 Å². The van der Waals surface area contributed by atoms with Crippen molar-refractivity contribution >= 4 is 17.6 Å². The van der Waals surface area contributed by atoms with E-state index in [4.69, 9.17) is 16.3 Å². The van der Waals surface area contributed by atoms with Gasteiger partial charge in [0.2, 0.25) is 0 Å². The van der Waals surface area contributed by atoms with E-state index in [1.165, 1.54) is 7.11 Å². The van der Waals surface area contributed by atoms with Crippen LogP contribution in [0.15, 0.2) is 18.2 Å². The third kappa shape index (κ3) is 5.49. The molecule has 0 unspecified atom stereocenters. The summed E-state index contributed by atoms with van der Waals surface area (Å²) in [4.78, 5) is 11.1. The first-order valence-corrected chi connectivity index (χ1v) is 6.60. The fraction of sp³-hybridized carbons (Fsp3) is 0.500. The van der Waals surface area contributed by atoms with Gasteiger partial charge in [-0.15, -0.1) is 0 Å². The molecule has 0 saturated carbocycles. The standard InChI is InChI=1S/C14H20ClNO3/c1-10(2)7-16-8-11-5-4-6-12(15)14(11)19-9-13(17)18-3/h4-6,10,16H,7-9H2,1-3H3. The highest BCUT2D eigenvalue weighted by atomic mass is 35.5. The van der Waals surface area contributed by atoms with Gasteiger partial charge in [0.1, 0.15) is 5.75 Å². The van der Waals surface area contributed by atoms with Gasteiger partial charge < -0.3 is 14.8 Å². The van der Waals surface area contributed by atoms with E-state index in [2.05, 4.69) is 23.9 Å². The van der Waals surface area contributed by atoms with Gasteiger partial charge in [0.15, 0.2) is 6.61 Å². The average molecular weight is 286 g/mol. The Balaban J connectivity index is 2.68. The molecular formula is C14H20ClNO3. The van der Waals surface area contributed by atoms with E-state index < -0.39 is 5.97 Å². The Kier molecular flexibility index (Phi) is 6.67. The molecule has 1 aromatic carbocycles. The molecule has 1 aromatic rings. The monoisotopic (exact) mass is 285 g/mol. The summed E-state index contributed by atoms with van der Waals surface area (Å²) in [7, 11) is 1.32. The Labute approximate surface area is 119 Å². The summed E-state index contributed by atoms with van der Waals surface area (Å²) in [5.41, 5.74) is 0.928. The lowest BCUT2D eigenvalue weighted by atomic mass is 10.2. The lowest BCUT2D eigenvalue weighted by Gasteiger charge is -2.13. The van der Waals surface area contributed by atoms with Crippen molar-refractivity contribution in [3.8, 4) is 5.75 Å². The van der Waals surface area contributed by atoms with Crippen LogP contribution in [0.25, 0.3) is 0 Å². The maximum absolute atomic E-state index is 11.1. The number of rotatable bonds is 7. The Morgan fingerprint density at radius 2 is 2.16 bits per heavy atom. The molecule has 0 radical (unpaired) electrons. The van der Waals surface area contributed by atoms with Crippen LogP contribution in [0, 0.1) is 5.92 Å². The highest BCUT2D eigenvalue weighted by Gasteiger charge is 2.10. The molecule has 1 N–H and O–H groups in total. The van der Waals surface area contributed by atoms with Gasteiger partial charge in [-0.05, 0) is 18.5 Å². The molecule has 5 heteroatoms. The average Bonchev–Trinajstić information content (AvgIpc) is 2.37. The molecule has 0 aromatic heterocycles. The minimum Gasteiger partial charge on any atom is -0.480 e. The number of carbonyl (C=O) groups is 1. The van der Waals surface area contributed by atoms with Gasteiger partial charge in [-0.1, -0.05) is 37.6 Å². The third-order valence-electron chi connectivity index (χ3n) is 2.48. The van der Waals surface area contributed by atoms with E-state index in [9.17, 15) is 4.79 Å². The molecule has 19 heavy (non-hydrogen) atoms. The van der Waals surface area contributed by atoms with Crippen molar-refractivity contribution in [3.05, 3.63) is 28.8 Å². The number of carbonyl (C=O) groups excluding carboxylic acids is 1. The van der Waals surface area contributed by atoms with Crippen molar-refractivity contribution in [1.29, 1.82) is 0 Å². The molecule has 0 heterocycles. The molecule has 0 fully saturated rings. The summed E-state index contributed by atoms with van der Waals surface area (Å²) in [6, 6.07) is 5.52. The van der Waals surface area contributed by atoms with E-state index in [0.29, 0.717) is 23.2 Å². The zero-order chi connectivity index (χ0) is 14.3. The second-order valence-electron chi connectivity index (χ2n) is 4.62. The van der Waals surface area contributed by atoms with Crippen molar-refractivity contribution in [2.24, 2.45) is 5.92 Å². The minimum atomic E-state index is -0.430. The van der Waals surface area contributed by atoms with Gasteiger partial charge in [-0.3, -0.25) is 0 Å². The highest BCUT2D eigenvalue weighted by Crippen LogP contribution is 2.28. The quantitative estimate of drug-likeness (QED) is 0.783. The molecule has 0 spiro atoms. The largest absolute Gasteiger partial charge is 0.480 e. The second kappa shape index (κ2) is 8.02. The molecule has 0 aliphatic carbocycles. The van der Waals surface area contributed by atoms with Gasteiger partial charge in [-0.2, -0.15) is 0 Å².